The first-order chi connectivity index (χ1) is 6.52. The normalized spacial score (nSPS) is 12.2. The first-order valence-electron chi connectivity index (χ1n) is 4.52. The minimum atomic E-state index is -0.00794. The highest BCUT2D eigenvalue weighted by Crippen LogP contribution is 2.19. The van der Waals surface area contributed by atoms with E-state index in [1.165, 1.54) is 19.1 Å². The van der Waals surface area contributed by atoms with Crippen LogP contribution in [0.1, 0.15) is 25.5 Å². The molecule has 0 radical (unpaired) electrons. The van der Waals surface area contributed by atoms with Crippen molar-refractivity contribution < 1.29 is 9.90 Å². The van der Waals surface area contributed by atoms with Crippen LogP contribution in [0.5, 0.6) is 5.75 Å². The van der Waals surface area contributed by atoms with E-state index in [0.29, 0.717) is 0 Å². The van der Waals surface area contributed by atoms with Gasteiger partial charge in [0, 0.05) is 14.0 Å². The van der Waals surface area contributed by atoms with E-state index in [2.05, 4.69) is 0 Å². The summed E-state index contributed by atoms with van der Waals surface area (Å²) < 4.78 is 0. The van der Waals surface area contributed by atoms with Gasteiger partial charge in [0.1, 0.15) is 0 Å². The van der Waals surface area contributed by atoms with Crippen molar-refractivity contribution in [3.05, 3.63) is 29.8 Å². The summed E-state index contributed by atoms with van der Waals surface area (Å²) in [6.45, 7) is 3.46. The van der Waals surface area contributed by atoms with E-state index in [9.17, 15) is 9.90 Å². The highest BCUT2D eigenvalue weighted by Gasteiger charge is 2.12. The molecular formula is C11H14NO2-. The molecule has 0 heterocycles. The van der Waals surface area contributed by atoms with Crippen LogP contribution in [-0.2, 0) is 4.79 Å². The van der Waals surface area contributed by atoms with E-state index in [1.807, 2.05) is 6.92 Å². The molecule has 0 aromatic heterocycles. The summed E-state index contributed by atoms with van der Waals surface area (Å²) in [6.07, 6.45) is 0. The van der Waals surface area contributed by atoms with Crippen LogP contribution in [-0.4, -0.2) is 17.9 Å². The molecule has 1 atom stereocenters. The van der Waals surface area contributed by atoms with Crippen molar-refractivity contribution in [2.24, 2.45) is 0 Å². The van der Waals surface area contributed by atoms with E-state index in [4.69, 9.17) is 0 Å². The second-order valence-corrected chi connectivity index (χ2v) is 3.37. The summed E-state index contributed by atoms with van der Waals surface area (Å²) in [5.74, 6) is 0.00938. The van der Waals surface area contributed by atoms with Gasteiger partial charge in [-0.15, -0.1) is 5.75 Å². The quantitative estimate of drug-likeness (QED) is 0.708. The van der Waals surface area contributed by atoms with Crippen LogP contribution >= 0.6 is 0 Å². The molecule has 1 aromatic rings. The van der Waals surface area contributed by atoms with Crippen LogP contribution in [0.3, 0.4) is 0 Å². The van der Waals surface area contributed by atoms with Gasteiger partial charge in [0.15, 0.2) is 0 Å². The van der Waals surface area contributed by atoms with Crippen LogP contribution in [0.15, 0.2) is 24.3 Å². The maximum Gasteiger partial charge on any atom is 0.219 e. The lowest BCUT2D eigenvalue weighted by molar-refractivity contribution is -0.268. The molecule has 1 rings (SSSR count). The van der Waals surface area contributed by atoms with Crippen LogP contribution in [0.25, 0.3) is 0 Å². The number of benzene rings is 1. The van der Waals surface area contributed by atoms with Crippen molar-refractivity contribution >= 4 is 5.91 Å². The lowest BCUT2D eigenvalue weighted by atomic mass is 10.1. The molecule has 1 amide bonds. The molecular weight excluding hydrogens is 178 g/mol. The van der Waals surface area contributed by atoms with E-state index in [-0.39, 0.29) is 17.7 Å². The van der Waals surface area contributed by atoms with Crippen LogP contribution in [0, 0.1) is 0 Å². The summed E-state index contributed by atoms with van der Waals surface area (Å²) in [7, 11) is 1.75. The summed E-state index contributed by atoms with van der Waals surface area (Å²) in [4.78, 5) is 12.7. The molecule has 0 aliphatic carbocycles. The molecule has 0 spiro atoms. The fraction of sp³-hybridized carbons (Fsp3) is 0.364. The fourth-order valence-corrected chi connectivity index (χ4v) is 1.24. The van der Waals surface area contributed by atoms with Gasteiger partial charge in [-0.3, -0.25) is 4.79 Å². The molecule has 1 aromatic carbocycles. The lowest BCUT2D eigenvalue weighted by Gasteiger charge is -2.24. The molecule has 0 saturated carbocycles. The number of hydrogen-bond acceptors (Lipinski definition) is 2. The second kappa shape index (κ2) is 4.13. The van der Waals surface area contributed by atoms with Gasteiger partial charge in [-0.1, -0.05) is 24.3 Å². The third-order valence-electron chi connectivity index (χ3n) is 2.44. The first kappa shape index (κ1) is 10.6. The Hall–Kier alpha value is -1.51. The average Bonchev–Trinajstić information content (AvgIpc) is 2.16. The smallest absolute Gasteiger partial charge is 0.219 e. The lowest BCUT2D eigenvalue weighted by Crippen LogP contribution is -2.27. The highest BCUT2D eigenvalue weighted by atomic mass is 16.3. The van der Waals surface area contributed by atoms with Gasteiger partial charge in [0.25, 0.3) is 0 Å². The topological polar surface area (TPSA) is 43.4 Å². The zero-order valence-electron chi connectivity index (χ0n) is 8.65. The minimum absolute atomic E-state index is 0.00750. The van der Waals surface area contributed by atoms with E-state index >= 15 is 0 Å². The maximum absolute atomic E-state index is 11.1. The van der Waals surface area contributed by atoms with E-state index in [1.54, 1.807) is 24.1 Å². The Morgan fingerprint density at radius 3 is 2.29 bits per heavy atom. The zero-order chi connectivity index (χ0) is 10.7. The van der Waals surface area contributed by atoms with Gasteiger partial charge in [-0.05, 0) is 12.5 Å². The summed E-state index contributed by atoms with van der Waals surface area (Å²) in [5.41, 5.74) is 0.974. The van der Waals surface area contributed by atoms with Gasteiger partial charge >= 0.3 is 0 Å². The third kappa shape index (κ3) is 2.25. The monoisotopic (exact) mass is 192 g/mol. The molecule has 0 aliphatic heterocycles. The van der Waals surface area contributed by atoms with Crippen molar-refractivity contribution in [2.45, 2.75) is 19.9 Å². The van der Waals surface area contributed by atoms with Gasteiger partial charge < -0.3 is 10.0 Å². The van der Waals surface area contributed by atoms with Crippen molar-refractivity contribution in [3.63, 3.8) is 0 Å². The Bertz CT molecular complexity index is 319. The van der Waals surface area contributed by atoms with Crippen molar-refractivity contribution in [3.8, 4) is 5.75 Å². The number of nitrogens with zero attached hydrogens (tertiary/aromatic N) is 1. The van der Waals surface area contributed by atoms with Crippen molar-refractivity contribution in [1.29, 1.82) is 0 Å². The van der Waals surface area contributed by atoms with E-state index in [0.717, 1.165) is 5.56 Å². The Labute approximate surface area is 84.0 Å². The predicted octanol–water partition coefficient (Wildman–Crippen LogP) is 1.30. The van der Waals surface area contributed by atoms with Crippen molar-refractivity contribution in [1.82, 2.24) is 4.90 Å². The van der Waals surface area contributed by atoms with Gasteiger partial charge in [-0.25, -0.2) is 0 Å². The molecule has 76 valence electrons. The number of rotatable bonds is 2. The van der Waals surface area contributed by atoms with Crippen LogP contribution in [0.2, 0.25) is 0 Å². The molecule has 0 N–H and O–H groups in total. The summed E-state index contributed by atoms with van der Waals surface area (Å²) in [6, 6.07) is 6.55. The second-order valence-electron chi connectivity index (χ2n) is 3.37. The van der Waals surface area contributed by atoms with Crippen LogP contribution < -0.4 is 5.11 Å². The molecule has 14 heavy (non-hydrogen) atoms. The molecule has 3 nitrogen and oxygen atoms in total. The Kier molecular flexibility index (Phi) is 3.12. The fourth-order valence-electron chi connectivity index (χ4n) is 1.24. The molecule has 1 unspecified atom stereocenters. The largest absolute Gasteiger partial charge is 0.872 e. The number of carbonyl (C=O) groups is 1. The Morgan fingerprint density at radius 1 is 1.36 bits per heavy atom. The summed E-state index contributed by atoms with van der Waals surface area (Å²) in [5, 5.41) is 10.9. The number of amides is 1. The third-order valence-corrected chi connectivity index (χ3v) is 2.44. The molecule has 0 fully saturated rings. The average molecular weight is 192 g/mol. The standard InChI is InChI=1S/C11H15NO2/c1-8(12(3)9(2)13)10-4-6-11(14)7-5-10/h4-8,14H,1-3H3/p-1. The zero-order valence-corrected chi connectivity index (χ0v) is 8.65. The SMILES string of the molecule is CC(=O)N(C)C(C)c1ccc([O-])cc1. The van der Waals surface area contributed by atoms with Gasteiger partial charge in [-0.2, -0.15) is 0 Å². The van der Waals surface area contributed by atoms with Gasteiger partial charge in [0.2, 0.25) is 5.91 Å². The first-order valence-corrected chi connectivity index (χ1v) is 4.52. The summed E-state index contributed by atoms with van der Waals surface area (Å²) >= 11 is 0. The maximum atomic E-state index is 11.1. The molecule has 3 heteroatoms. The van der Waals surface area contributed by atoms with Crippen LogP contribution in [0.4, 0.5) is 0 Å². The van der Waals surface area contributed by atoms with Gasteiger partial charge in [0.05, 0.1) is 6.04 Å². The Morgan fingerprint density at radius 2 is 1.86 bits per heavy atom. The van der Waals surface area contributed by atoms with E-state index < -0.39 is 0 Å². The molecule has 0 saturated heterocycles. The predicted molar refractivity (Wildman–Crippen MR) is 52.7 cm³/mol. The minimum Gasteiger partial charge on any atom is -0.872 e. The molecule has 0 aliphatic rings. The highest BCUT2D eigenvalue weighted by molar-refractivity contribution is 5.73. The number of hydrogen-bond donors (Lipinski definition) is 0. The Balaban J connectivity index is 2.84. The number of carbonyl (C=O) groups excluding carboxylic acids is 1. The van der Waals surface area contributed by atoms with Crippen molar-refractivity contribution in [2.75, 3.05) is 7.05 Å². The molecule has 0 bridgehead atoms.